The molecule has 0 aliphatic carbocycles. The van der Waals surface area contributed by atoms with E-state index in [-0.39, 0.29) is 6.61 Å². The Bertz CT molecular complexity index is 53.7. The fourth-order valence-electron chi connectivity index (χ4n) is 0.157. The molecule has 0 rings (SSSR count). The van der Waals surface area contributed by atoms with E-state index in [0.717, 1.165) is 0 Å². The van der Waals surface area contributed by atoms with Gasteiger partial charge in [0, 0.05) is 4.08 Å². The van der Waals surface area contributed by atoms with Crippen molar-refractivity contribution in [1.82, 2.24) is 0 Å². The molecule has 42 valence electrons. The molecule has 0 aromatic heterocycles. The Labute approximate surface area is 56.3 Å². The Morgan fingerprint density at radius 2 is 2.43 bits per heavy atom. The van der Waals surface area contributed by atoms with Gasteiger partial charge in [-0.2, -0.15) is 0 Å². The quantitative estimate of drug-likeness (QED) is 0.429. The highest BCUT2D eigenvalue weighted by molar-refractivity contribution is 14.1. The molecule has 0 saturated carbocycles. The van der Waals surface area contributed by atoms with Gasteiger partial charge in [0.25, 0.3) is 0 Å². The first-order valence-electron chi connectivity index (χ1n) is 1.89. The zero-order valence-corrected chi connectivity index (χ0v) is 5.96. The topological polar surface area (TPSA) is 29.5 Å². The van der Waals surface area contributed by atoms with Crippen molar-refractivity contribution >= 4 is 22.6 Å². The molecule has 0 aromatic carbocycles. The van der Waals surface area contributed by atoms with Crippen LogP contribution < -0.4 is 0 Å². The van der Waals surface area contributed by atoms with Gasteiger partial charge in [-0.3, -0.25) is 0 Å². The number of rotatable bonds is 3. The third kappa shape index (κ3) is 6.23. The van der Waals surface area contributed by atoms with Gasteiger partial charge in [0.1, 0.15) is 6.61 Å². The van der Waals surface area contributed by atoms with Crippen LogP contribution in [-0.2, 0) is 4.74 Å². The van der Waals surface area contributed by atoms with Gasteiger partial charge in [-0.25, -0.2) is 0 Å². The van der Waals surface area contributed by atoms with Crippen molar-refractivity contribution in [2.24, 2.45) is 0 Å². The van der Waals surface area contributed by atoms with E-state index in [1.54, 1.807) is 4.08 Å². The van der Waals surface area contributed by atoms with Crippen molar-refractivity contribution < 1.29 is 9.84 Å². The van der Waals surface area contributed by atoms with Gasteiger partial charge in [0.05, 0.1) is 12.9 Å². The van der Waals surface area contributed by atoms with E-state index >= 15 is 0 Å². The first-order valence-corrected chi connectivity index (χ1v) is 3.14. The molecule has 0 radical (unpaired) electrons. The van der Waals surface area contributed by atoms with Crippen LogP contribution in [0.25, 0.3) is 0 Å². The number of hydrogen-bond acceptors (Lipinski definition) is 2. The molecule has 0 atom stereocenters. The van der Waals surface area contributed by atoms with Crippen molar-refractivity contribution in [3.8, 4) is 0 Å². The molecule has 1 N–H and O–H groups in total. The zero-order valence-electron chi connectivity index (χ0n) is 3.80. The summed E-state index contributed by atoms with van der Waals surface area (Å²) in [5.74, 6) is 0. The van der Waals surface area contributed by atoms with Crippen molar-refractivity contribution in [1.29, 1.82) is 0 Å². The fourth-order valence-corrected chi connectivity index (χ4v) is 0.365. The highest BCUT2D eigenvalue weighted by Gasteiger charge is 1.71. The molecule has 0 spiro atoms. The van der Waals surface area contributed by atoms with Crippen LogP contribution in [0.5, 0.6) is 0 Å². The average molecular weight is 214 g/mol. The normalized spacial score (nSPS) is 10.0. The third-order valence-corrected chi connectivity index (χ3v) is 0.650. The lowest BCUT2D eigenvalue weighted by Crippen LogP contribution is -1.91. The first-order chi connectivity index (χ1) is 3.41. The summed E-state index contributed by atoms with van der Waals surface area (Å²) in [6.07, 6.45) is 1.54. The summed E-state index contributed by atoms with van der Waals surface area (Å²) >= 11 is 2.04. The van der Waals surface area contributed by atoms with E-state index in [0.29, 0.717) is 6.61 Å². The standard InChI is InChI=1S/C4H7IO2/c5-1-3-7-4-2-6/h1,3,6H,2,4H2. The zero-order chi connectivity index (χ0) is 5.54. The first kappa shape index (κ1) is 7.23. The molecule has 2 nitrogen and oxygen atoms in total. The molecule has 0 bridgehead atoms. The van der Waals surface area contributed by atoms with Crippen molar-refractivity contribution in [2.45, 2.75) is 0 Å². The molecule has 0 heterocycles. The van der Waals surface area contributed by atoms with Crippen LogP contribution in [0.3, 0.4) is 0 Å². The summed E-state index contributed by atoms with van der Waals surface area (Å²) in [5.41, 5.74) is 0. The maximum absolute atomic E-state index is 8.13. The molecule has 0 aromatic rings. The van der Waals surface area contributed by atoms with Gasteiger partial charge in [-0.05, 0) is 22.6 Å². The van der Waals surface area contributed by atoms with E-state index in [1.807, 2.05) is 22.6 Å². The van der Waals surface area contributed by atoms with Crippen molar-refractivity contribution in [3.05, 3.63) is 10.3 Å². The molecule has 0 amide bonds. The maximum Gasteiger partial charge on any atom is 0.110 e. The number of hydrogen-bond donors (Lipinski definition) is 1. The van der Waals surface area contributed by atoms with Crippen LogP contribution in [0.4, 0.5) is 0 Å². The summed E-state index contributed by atoms with van der Waals surface area (Å²) < 4.78 is 6.44. The van der Waals surface area contributed by atoms with E-state index in [4.69, 9.17) is 9.84 Å². The van der Waals surface area contributed by atoms with Crippen LogP contribution in [0, 0.1) is 0 Å². The minimum Gasteiger partial charge on any atom is -0.498 e. The van der Waals surface area contributed by atoms with E-state index in [1.165, 1.54) is 6.26 Å². The minimum absolute atomic E-state index is 0.0843. The Morgan fingerprint density at radius 1 is 1.71 bits per heavy atom. The summed E-state index contributed by atoms with van der Waals surface area (Å²) in [4.78, 5) is 0. The second-order valence-electron chi connectivity index (χ2n) is 0.856. The highest BCUT2D eigenvalue weighted by Crippen LogP contribution is 1.83. The molecular formula is C4H7IO2. The third-order valence-electron chi connectivity index (χ3n) is 0.357. The van der Waals surface area contributed by atoms with E-state index in [9.17, 15) is 0 Å². The second-order valence-corrected chi connectivity index (χ2v) is 1.58. The summed E-state index contributed by atoms with van der Waals surface area (Å²) in [7, 11) is 0. The Morgan fingerprint density at radius 3 is 2.86 bits per heavy atom. The predicted octanol–water partition coefficient (Wildman–Crippen LogP) is 0.901. The number of halogens is 1. The molecule has 0 unspecified atom stereocenters. The van der Waals surface area contributed by atoms with Crippen LogP contribution in [0.2, 0.25) is 0 Å². The lowest BCUT2D eigenvalue weighted by Gasteiger charge is -1.90. The molecule has 0 aliphatic heterocycles. The van der Waals surface area contributed by atoms with Gasteiger partial charge < -0.3 is 9.84 Å². The highest BCUT2D eigenvalue weighted by atomic mass is 127. The molecule has 0 saturated heterocycles. The number of aliphatic hydroxyl groups is 1. The van der Waals surface area contributed by atoms with Crippen molar-refractivity contribution in [3.63, 3.8) is 0 Å². The van der Waals surface area contributed by atoms with Gasteiger partial charge in [0.15, 0.2) is 0 Å². The molecular weight excluding hydrogens is 207 g/mol. The smallest absolute Gasteiger partial charge is 0.110 e. The van der Waals surface area contributed by atoms with Crippen molar-refractivity contribution in [2.75, 3.05) is 13.2 Å². The fraction of sp³-hybridized carbons (Fsp3) is 0.500. The van der Waals surface area contributed by atoms with Crippen LogP contribution in [0.15, 0.2) is 10.3 Å². The second kappa shape index (κ2) is 6.23. The van der Waals surface area contributed by atoms with Gasteiger partial charge in [0.2, 0.25) is 0 Å². The lowest BCUT2D eigenvalue weighted by molar-refractivity contribution is 0.166. The molecule has 0 fully saturated rings. The molecule has 0 aliphatic rings. The van der Waals surface area contributed by atoms with E-state index in [2.05, 4.69) is 0 Å². The SMILES string of the molecule is OCCOC=CI. The number of aliphatic hydroxyl groups excluding tert-OH is 1. The van der Waals surface area contributed by atoms with Gasteiger partial charge in [-0.1, -0.05) is 0 Å². The Hall–Kier alpha value is 0.230. The summed E-state index contributed by atoms with van der Waals surface area (Å²) in [6.45, 7) is 0.473. The van der Waals surface area contributed by atoms with Crippen LogP contribution >= 0.6 is 22.6 Å². The van der Waals surface area contributed by atoms with Gasteiger partial charge >= 0.3 is 0 Å². The summed E-state index contributed by atoms with van der Waals surface area (Å²) in [5, 5.41) is 8.13. The molecule has 7 heavy (non-hydrogen) atoms. The number of ether oxygens (including phenoxy) is 1. The maximum atomic E-state index is 8.13. The van der Waals surface area contributed by atoms with Crippen LogP contribution in [0.1, 0.15) is 0 Å². The molecule has 3 heteroatoms. The largest absolute Gasteiger partial charge is 0.498 e. The predicted molar refractivity (Wildman–Crippen MR) is 36.2 cm³/mol. The lowest BCUT2D eigenvalue weighted by atomic mass is 10.8. The van der Waals surface area contributed by atoms with Gasteiger partial charge in [-0.15, -0.1) is 0 Å². The van der Waals surface area contributed by atoms with Crippen LogP contribution in [-0.4, -0.2) is 18.3 Å². The summed E-state index contributed by atoms with van der Waals surface area (Å²) in [6, 6.07) is 0. The Kier molecular flexibility index (Phi) is 6.43. The monoisotopic (exact) mass is 214 g/mol. The average Bonchev–Trinajstić information content (AvgIpc) is 1.69. The Balaban J connectivity index is 2.69. The van der Waals surface area contributed by atoms with E-state index < -0.39 is 0 Å². The minimum atomic E-state index is 0.0843.